The summed E-state index contributed by atoms with van der Waals surface area (Å²) in [5.41, 5.74) is 1.65. The van der Waals surface area contributed by atoms with Gasteiger partial charge in [0.1, 0.15) is 10.8 Å². The Morgan fingerprint density at radius 3 is 2.85 bits per heavy atom. The maximum atomic E-state index is 11.0. The molecule has 100 valence electrons. The Labute approximate surface area is 119 Å². The number of thioether (sulfide) groups is 1. The fourth-order valence-electron chi connectivity index (χ4n) is 1.79. The van der Waals surface area contributed by atoms with Crippen LogP contribution in [0.5, 0.6) is 0 Å². The molecule has 2 aromatic heterocycles. The van der Waals surface area contributed by atoms with Gasteiger partial charge in [0, 0.05) is 11.8 Å². The SMILES string of the molecule is CC(=O)CSc1n[nH]c2nc(-c3ccccc3)ncc12. The molecule has 20 heavy (non-hydrogen) atoms. The van der Waals surface area contributed by atoms with Gasteiger partial charge in [-0.15, -0.1) is 0 Å². The molecule has 1 N–H and O–H groups in total. The fraction of sp³-hybridized carbons (Fsp3) is 0.143. The van der Waals surface area contributed by atoms with Crippen molar-refractivity contribution in [2.75, 3.05) is 5.75 Å². The normalized spacial score (nSPS) is 10.8. The first kappa shape index (κ1) is 12.8. The van der Waals surface area contributed by atoms with Crippen molar-refractivity contribution in [3.63, 3.8) is 0 Å². The molecule has 0 unspecified atom stereocenters. The van der Waals surface area contributed by atoms with Gasteiger partial charge in [-0.1, -0.05) is 42.1 Å². The summed E-state index contributed by atoms with van der Waals surface area (Å²) in [7, 11) is 0. The highest BCUT2D eigenvalue weighted by Gasteiger charge is 2.10. The number of carbonyl (C=O) groups is 1. The number of ketones is 1. The largest absolute Gasteiger partial charge is 0.299 e. The number of rotatable bonds is 4. The molecule has 0 saturated carbocycles. The van der Waals surface area contributed by atoms with E-state index in [9.17, 15) is 4.79 Å². The summed E-state index contributed by atoms with van der Waals surface area (Å²) in [6.07, 6.45) is 1.75. The molecule has 0 radical (unpaired) electrons. The number of nitrogens with one attached hydrogen (secondary N) is 1. The number of benzene rings is 1. The Morgan fingerprint density at radius 2 is 2.10 bits per heavy atom. The van der Waals surface area contributed by atoms with E-state index in [-0.39, 0.29) is 5.78 Å². The Morgan fingerprint density at radius 1 is 1.30 bits per heavy atom. The zero-order valence-corrected chi connectivity index (χ0v) is 11.6. The van der Waals surface area contributed by atoms with Gasteiger partial charge < -0.3 is 0 Å². The van der Waals surface area contributed by atoms with Crippen molar-refractivity contribution in [1.82, 2.24) is 20.2 Å². The van der Waals surface area contributed by atoms with Crippen LogP contribution < -0.4 is 0 Å². The van der Waals surface area contributed by atoms with Crippen LogP contribution in [0.25, 0.3) is 22.4 Å². The Hall–Kier alpha value is -2.21. The molecule has 0 aliphatic carbocycles. The van der Waals surface area contributed by atoms with Crippen molar-refractivity contribution >= 4 is 28.6 Å². The van der Waals surface area contributed by atoms with E-state index in [4.69, 9.17) is 0 Å². The van der Waals surface area contributed by atoms with Crippen LogP contribution in [0.4, 0.5) is 0 Å². The Balaban J connectivity index is 1.95. The van der Waals surface area contributed by atoms with Crippen molar-refractivity contribution in [2.45, 2.75) is 11.9 Å². The van der Waals surface area contributed by atoms with Crippen LogP contribution in [-0.2, 0) is 4.79 Å². The molecule has 5 nitrogen and oxygen atoms in total. The number of aromatic nitrogens is 4. The minimum absolute atomic E-state index is 0.118. The van der Waals surface area contributed by atoms with E-state index in [2.05, 4.69) is 20.2 Å². The molecule has 1 aromatic carbocycles. The molecule has 3 aromatic rings. The summed E-state index contributed by atoms with van der Waals surface area (Å²) in [5, 5.41) is 8.68. The van der Waals surface area contributed by atoms with Gasteiger partial charge in [0.2, 0.25) is 0 Å². The van der Waals surface area contributed by atoms with Crippen molar-refractivity contribution < 1.29 is 4.79 Å². The molecule has 2 heterocycles. The number of Topliss-reactive ketones (excluding diaryl/α,β-unsaturated/α-hetero) is 1. The molecule has 3 rings (SSSR count). The molecule has 0 aliphatic heterocycles. The van der Waals surface area contributed by atoms with Crippen molar-refractivity contribution in [2.24, 2.45) is 0 Å². The smallest absolute Gasteiger partial charge is 0.161 e. The van der Waals surface area contributed by atoms with Gasteiger partial charge in [-0.3, -0.25) is 9.89 Å². The predicted octanol–water partition coefficient (Wildman–Crippen LogP) is 2.70. The molecule has 6 heteroatoms. The number of hydrogen-bond acceptors (Lipinski definition) is 5. The van der Waals surface area contributed by atoms with Crippen LogP contribution in [0.3, 0.4) is 0 Å². The van der Waals surface area contributed by atoms with Crippen LogP contribution in [0, 0.1) is 0 Å². The lowest BCUT2D eigenvalue weighted by molar-refractivity contribution is -0.114. The van der Waals surface area contributed by atoms with Crippen LogP contribution in [0.1, 0.15) is 6.92 Å². The van der Waals surface area contributed by atoms with Crippen LogP contribution in [-0.4, -0.2) is 31.7 Å². The van der Waals surface area contributed by atoms with Gasteiger partial charge >= 0.3 is 0 Å². The number of H-pyrrole nitrogens is 1. The molecule has 0 saturated heterocycles. The summed E-state index contributed by atoms with van der Waals surface area (Å²) < 4.78 is 0. The first-order valence-electron chi connectivity index (χ1n) is 6.13. The zero-order chi connectivity index (χ0) is 13.9. The van der Waals surface area contributed by atoms with E-state index in [0.29, 0.717) is 17.2 Å². The Bertz CT molecular complexity index is 754. The third-order valence-corrected chi connectivity index (χ3v) is 3.86. The topological polar surface area (TPSA) is 71.5 Å². The summed E-state index contributed by atoms with van der Waals surface area (Å²) in [6.45, 7) is 1.56. The minimum atomic E-state index is 0.118. The molecule has 0 amide bonds. The van der Waals surface area contributed by atoms with Gasteiger partial charge in [-0.05, 0) is 6.92 Å². The fourth-order valence-corrected chi connectivity index (χ4v) is 2.55. The zero-order valence-electron chi connectivity index (χ0n) is 10.8. The van der Waals surface area contributed by atoms with Crippen molar-refractivity contribution in [3.05, 3.63) is 36.5 Å². The maximum absolute atomic E-state index is 11.0. The monoisotopic (exact) mass is 284 g/mol. The van der Waals surface area contributed by atoms with E-state index in [1.807, 2.05) is 30.3 Å². The lowest BCUT2D eigenvalue weighted by Gasteiger charge is -1.99. The molecule has 0 atom stereocenters. The first-order chi connectivity index (χ1) is 9.74. The molecule has 0 fully saturated rings. The van der Waals surface area contributed by atoms with E-state index in [1.54, 1.807) is 13.1 Å². The van der Waals surface area contributed by atoms with Crippen molar-refractivity contribution in [3.8, 4) is 11.4 Å². The summed E-state index contributed by atoms with van der Waals surface area (Å²) in [6, 6.07) is 9.77. The number of carbonyl (C=O) groups excluding carboxylic acids is 1. The van der Waals surface area contributed by atoms with Crippen LogP contribution in [0.15, 0.2) is 41.6 Å². The average Bonchev–Trinajstić information content (AvgIpc) is 2.88. The molecule has 0 spiro atoms. The number of hydrogen-bond donors (Lipinski definition) is 1. The maximum Gasteiger partial charge on any atom is 0.161 e. The third kappa shape index (κ3) is 2.55. The van der Waals surface area contributed by atoms with Gasteiger partial charge in [-0.2, -0.15) is 5.10 Å². The van der Waals surface area contributed by atoms with Crippen molar-refractivity contribution in [1.29, 1.82) is 0 Å². The lowest BCUT2D eigenvalue weighted by Crippen LogP contribution is -1.93. The van der Waals surface area contributed by atoms with E-state index in [0.717, 1.165) is 16.0 Å². The van der Waals surface area contributed by atoms with Gasteiger partial charge in [0.25, 0.3) is 0 Å². The lowest BCUT2D eigenvalue weighted by atomic mass is 10.2. The predicted molar refractivity (Wildman–Crippen MR) is 78.5 cm³/mol. The highest BCUT2D eigenvalue weighted by atomic mass is 32.2. The van der Waals surface area contributed by atoms with Gasteiger partial charge in [-0.25, -0.2) is 9.97 Å². The van der Waals surface area contributed by atoms with Gasteiger partial charge in [0.15, 0.2) is 11.5 Å². The second-order valence-corrected chi connectivity index (χ2v) is 5.31. The summed E-state index contributed by atoms with van der Waals surface area (Å²) >= 11 is 1.39. The number of fused-ring (bicyclic) bond motifs is 1. The highest BCUT2D eigenvalue weighted by Crippen LogP contribution is 2.25. The molecule has 0 bridgehead atoms. The molecular weight excluding hydrogens is 272 g/mol. The van der Waals surface area contributed by atoms with Crippen LogP contribution in [0.2, 0.25) is 0 Å². The minimum Gasteiger partial charge on any atom is -0.299 e. The van der Waals surface area contributed by atoms with E-state index >= 15 is 0 Å². The summed E-state index contributed by atoms with van der Waals surface area (Å²) in [4.78, 5) is 19.9. The highest BCUT2D eigenvalue weighted by molar-refractivity contribution is 8.00. The first-order valence-corrected chi connectivity index (χ1v) is 7.11. The average molecular weight is 284 g/mol. The molecule has 0 aliphatic rings. The second-order valence-electron chi connectivity index (χ2n) is 4.34. The Kier molecular flexibility index (Phi) is 3.47. The quantitative estimate of drug-likeness (QED) is 0.746. The standard InChI is InChI=1S/C14H12N4OS/c1-9(19)8-20-14-11-7-15-12(16-13(11)17-18-14)10-5-3-2-4-6-10/h2-7H,8H2,1H3,(H,15,16,17,18). The van der Waals surface area contributed by atoms with E-state index < -0.39 is 0 Å². The molecular formula is C14H12N4OS. The third-order valence-electron chi connectivity index (χ3n) is 2.73. The second kappa shape index (κ2) is 5.42. The van der Waals surface area contributed by atoms with E-state index in [1.165, 1.54) is 11.8 Å². The van der Waals surface area contributed by atoms with Gasteiger partial charge in [0.05, 0.1) is 11.1 Å². The number of aromatic amines is 1. The number of nitrogens with zero attached hydrogens (tertiary/aromatic N) is 3. The van der Waals surface area contributed by atoms with Crippen LogP contribution >= 0.6 is 11.8 Å². The summed E-state index contributed by atoms with van der Waals surface area (Å²) in [5.74, 6) is 1.18.